The Labute approximate surface area is 426 Å². The van der Waals surface area contributed by atoms with Gasteiger partial charge in [-0.1, -0.05) is 240 Å². The Balaban J connectivity index is 4.21. The molecule has 0 saturated carbocycles. The van der Waals surface area contributed by atoms with Gasteiger partial charge in [0.2, 0.25) is 0 Å². The molecule has 6 nitrogen and oxygen atoms in total. The van der Waals surface area contributed by atoms with Crippen molar-refractivity contribution in [2.24, 2.45) is 0 Å². The summed E-state index contributed by atoms with van der Waals surface area (Å²) in [5.41, 5.74) is 0. The Morgan fingerprint density at radius 1 is 0.304 bits per heavy atom. The number of carbonyl (C=O) groups is 3. The van der Waals surface area contributed by atoms with Gasteiger partial charge in [0.1, 0.15) is 13.2 Å². The van der Waals surface area contributed by atoms with Crippen LogP contribution in [0.5, 0.6) is 0 Å². The quantitative estimate of drug-likeness (QED) is 0.0262. The maximum Gasteiger partial charge on any atom is 0.306 e. The number of ether oxygens (including phenoxy) is 3. The van der Waals surface area contributed by atoms with Crippen LogP contribution in [-0.4, -0.2) is 37.2 Å². The fourth-order valence-electron chi connectivity index (χ4n) is 7.77. The second-order valence-corrected chi connectivity index (χ2v) is 18.8. The zero-order valence-corrected chi connectivity index (χ0v) is 45.0. The predicted molar refractivity (Wildman–Crippen MR) is 297 cm³/mol. The van der Waals surface area contributed by atoms with E-state index in [1.54, 1.807) is 0 Å². The minimum atomic E-state index is -0.783. The molecule has 0 aliphatic carbocycles. The molecule has 0 saturated heterocycles. The average Bonchev–Trinajstić information content (AvgIpc) is 3.35. The van der Waals surface area contributed by atoms with Gasteiger partial charge in [0.25, 0.3) is 0 Å². The summed E-state index contributed by atoms with van der Waals surface area (Å²) < 4.78 is 16.8. The number of hydrogen-bond donors (Lipinski definition) is 0. The van der Waals surface area contributed by atoms with E-state index < -0.39 is 6.10 Å². The standard InChI is InChI=1S/C63H106O6/c1-4-7-10-13-16-19-21-23-25-26-27-28-29-30-31-32-33-34-35-36-37-38-39-41-42-44-47-50-53-56-62(65)68-59-60(58-67-61(64)55-52-49-46-18-15-12-9-6-3)69-63(66)57-54-51-48-45-43-40-24-22-20-17-14-11-8-5-2/h7,10,16,19,22-25,27-28,30-31,33-34,36-37,60H,4-6,8-9,11-15,17-18,20-21,26,29,32,35,38-59H2,1-3H3/b10-7-,19-16-,24-22-,25-23-,28-27-,31-30-,34-33-,37-36-. The summed E-state index contributed by atoms with van der Waals surface area (Å²) in [6.07, 6.45) is 75.6. The third-order valence-electron chi connectivity index (χ3n) is 12.1. The van der Waals surface area contributed by atoms with Gasteiger partial charge in [-0.2, -0.15) is 0 Å². The summed E-state index contributed by atoms with van der Waals surface area (Å²) in [6, 6.07) is 0. The van der Waals surface area contributed by atoms with E-state index in [0.29, 0.717) is 19.3 Å². The first-order valence-electron chi connectivity index (χ1n) is 28.7. The second-order valence-electron chi connectivity index (χ2n) is 18.8. The van der Waals surface area contributed by atoms with E-state index in [1.165, 1.54) is 103 Å². The van der Waals surface area contributed by atoms with E-state index in [9.17, 15) is 14.4 Å². The van der Waals surface area contributed by atoms with E-state index in [4.69, 9.17) is 14.2 Å². The first-order chi connectivity index (χ1) is 34.0. The number of hydrogen-bond acceptors (Lipinski definition) is 6. The van der Waals surface area contributed by atoms with Gasteiger partial charge in [-0.25, -0.2) is 0 Å². The van der Waals surface area contributed by atoms with E-state index in [2.05, 4.69) is 118 Å². The molecule has 0 heterocycles. The summed E-state index contributed by atoms with van der Waals surface area (Å²) in [5, 5.41) is 0. The van der Waals surface area contributed by atoms with Crippen molar-refractivity contribution in [3.63, 3.8) is 0 Å². The highest BCUT2D eigenvalue weighted by molar-refractivity contribution is 5.71. The van der Waals surface area contributed by atoms with E-state index in [1.807, 2.05) is 0 Å². The first kappa shape index (κ1) is 65.3. The van der Waals surface area contributed by atoms with E-state index in [0.717, 1.165) is 122 Å². The monoisotopic (exact) mass is 959 g/mol. The summed E-state index contributed by atoms with van der Waals surface area (Å²) in [5.74, 6) is -0.906. The highest BCUT2D eigenvalue weighted by Gasteiger charge is 2.19. The lowest BCUT2D eigenvalue weighted by Gasteiger charge is -2.18. The van der Waals surface area contributed by atoms with Gasteiger partial charge in [-0.05, 0) is 103 Å². The number of esters is 3. The fraction of sp³-hybridized carbons (Fsp3) is 0.698. The molecule has 0 aromatic rings. The highest BCUT2D eigenvalue weighted by atomic mass is 16.6. The molecule has 69 heavy (non-hydrogen) atoms. The topological polar surface area (TPSA) is 78.9 Å². The molecule has 0 aromatic heterocycles. The number of rotatable bonds is 51. The van der Waals surface area contributed by atoms with Crippen LogP contribution in [0.4, 0.5) is 0 Å². The normalized spacial score (nSPS) is 12.8. The van der Waals surface area contributed by atoms with Gasteiger partial charge in [-0.3, -0.25) is 14.4 Å². The van der Waals surface area contributed by atoms with Crippen LogP contribution in [0.2, 0.25) is 0 Å². The van der Waals surface area contributed by atoms with Crippen LogP contribution in [0.25, 0.3) is 0 Å². The van der Waals surface area contributed by atoms with E-state index in [-0.39, 0.29) is 31.1 Å². The van der Waals surface area contributed by atoms with Crippen LogP contribution in [0.3, 0.4) is 0 Å². The molecule has 0 bridgehead atoms. The highest BCUT2D eigenvalue weighted by Crippen LogP contribution is 2.14. The van der Waals surface area contributed by atoms with Crippen molar-refractivity contribution in [1.82, 2.24) is 0 Å². The molecular formula is C63H106O6. The van der Waals surface area contributed by atoms with Crippen LogP contribution < -0.4 is 0 Å². The lowest BCUT2D eigenvalue weighted by Crippen LogP contribution is -2.30. The summed E-state index contributed by atoms with van der Waals surface area (Å²) in [4.78, 5) is 37.9. The summed E-state index contributed by atoms with van der Waals surface area (Å²) >= 11 is 0. The molecular weight excluding hydrogens is 853 g/mol. The summed E-state index contributed by atoms with van der Waals surface area (Å²) in [7, 11) is 0. The van der Waals surface area contributed by atoms with Crippen molar-refractivity contribution in [2.45, 2.75) is 271 Å². The molecule has 0 spiro atoms. The predicted octanol–water partition coefficient (Wildman–Crippen LogP) is 19.3. The molecule has 6 heteroatoms. The molecule has 394 valence electrons. The molecule has 0 aliphatic heterocycles. The lowest BCUT2D eigenvalue weighted by atomic mass is 10.1. The Morgan fingerprint density at radius 3 is 0.899 bits per heavy atom. The van der Waals surface area contributed by atoms with Crippen molar-refractivity contribution >= 4 is 17.9 Å². The molecule has 0 N–H and O–H groups in total. The zero-order valence-electron chi connectivity index (χ0n) is 45.0. The van der Waals surface area contributed by atoms with Gasteiger partial charge in [0.05, 0.1) is 0 Å². The smallest absolute Gasteiger partial charge is 0.306 e. The largest absolute Gasteiger partial charge is 0.462 e. The van der Waals surface area contributed by atoms with Crippen molar-refractivity contribution < 1.29 is 28.6 Å². The Kier molecular flexibility index (Phi) is 53.9. The molecule has 1 unspecified atom stereocenters. The molecule has 0 amide bonds. The summed E-state index contributed by atoms with van der Waals surface area (Å²) in [6.45, 7) is 6.47. The maximum atomic E-state index is 12.8. The minimum absolute atomic E-state index is 0.0829. The van der Waals surface area contributed by atoms with Gasteiger partial charge in [0, 0.05) is 19.3 Å². The van der Waals surface area contributed by atoms with Crippen LogP contribution >= 0.6 is 0 Å². The Morgan fingerprint density at radius 2 is 0.565 bits per heavy atom. The van der Waals surface area contributed by atoms with Gasteiger partial charge < -0.3 is 14.2 Å². The zero-order chi connectivity index (χ0) is 50.0. The molecule has 0 radical (unpaired) electrons. The fourth-order valence-corrected chi connectivity index (χ4v) is 7.77. The lowest BCUT2D eigenvalue weighted by molar-refractivity contribution is -0.167. The minimum Gasteiger partial charge on any atom is -0.462 e. The number of unbranched alkanes of at least 4 members (excludes halogenated alkanes) is 24. The van der Waals surface area contributed by atoms with Crippen molar-refractivity contribution in [3.8, 4) is 0 Å². The SMILES string of the molecule is CC/C=C\C/C=C\C/C=C\C/C=C\C/C=C\C/C=C\C/C=C\CCCCCCCCCC(=O)OCC(COC(=O)CCCCCCCCCC)OC(=O)CCCCCCC/C=C\CCCCCCC. The molecule has 0 aromatic carbocycles. The first-order valence-corrected chi connectivity index (χ1v) is 28.7. The Bertz CT molecular complexity index is 1380. The Hall–Kier alpha value is -3.67. The third kappa shape index (κ3) is 55.1. The average molecular weight is 960 g/mol. The van der Waals surface area contributed by atoms with Crippen LogP contribution in [0, 0.1) is 0 Å². The van der Waals surface area contributed by atoms with E-state index >= 15 is 0 Å². The van der Waals surface area contributed by atoms with Crippen molar-refractivity contribution in [3.05, 3.63) is 97.2 Å². The molecule has 0 fully saturated rings. The third-order valence-corrected chi connectivity index (χ3v) is 12.1. The second kappa shape index (κ2) is 56.9. The van der Waals surface area contributed by atoms with Crippen molar-refractivity contribution in [1.29, 1.82) is 0 Å². The molecule has 1 atom stereocenters. The van der Waals surface area contributed by atoms with Crippen molar-refractivity contribution in [2.75, 3.05) is 13.2 Å². The van der Waals surface area contributed by atoms with Gasteiger partial charge >= 0.3 is 17.9 Å². The number of allylic oxidation sites excluding steroid dienone is 16. The molecule has 0 aliphatic rings. The van der Waals surface area contributed by atoms with Crippen LogP contribution in [-0.2, 0) is 28.6 Å². The number of carbonyl (C=O) groups excluding carboxylic acids is 3. The van der Waals surface area contributed by atoms with Crippen LogP contribution in [0.1, 0.15) is 265 Å². The maximum absolute atomic E-state index is 12.8. The van der Waals surface area contributed by atoms with Crippen LogP contribution in [0.15, 0.2) is 97.2 Å². The van der Waals surface area contributed by atoms with Gasteiger partial charge in [0.15, 0.2) is 6.10 Å². The van der Waals surface area contributed by atoms with Gasteiger partial charge in [-0.15, -0.1) is 0 Å². The molecule has 0 rings (SSSR count).